The van der Waals surface area contributed by atoms with E-state index in [1.807, 2.05) is 36.4 Å². The lowest BCUT2D eigenvalue weighted by Crippen LogP contribution is -2.33. The third-order valence-electron chi connectivity index (χ3n) is 11.7. The molecule has 1 aliphatic carbocycles. The van der Waals surface area contributed by atoms with Gasteiger partial charge < -0.3 is 19.0 Å². The Balaban J connectivity index is 0.973. The van der Waals surface area contributed by atoms with Gasteiger partial charge in [-0.1, -0.05) is 164 Å². The molecule has 270 valence electrons. The summed E-state index contributed by atoms with van der Waals surface area (Å²) in [7, 11) is 0. The first-order chi connectivity index (χ1) is 28.3. The smallest absolute Gasteiger partial charge is 0.159 e. The van der Waals surface area contributed by atoms with Crippen LogP contribution in [0.15, 0.2) is 196 Å². The fourth-order valence-corrected chi connectivity index (χ4v) is 9.08. The zero-order chi connectivity index (χ0) is 37.5. The summed E-state index contributed by atoms with van der Waals surface area (Å²) in [6.45, 7) is 0. The number of rotatable bonds is 5. The van der Waals surface area contributed by atoms with Crippen LogP contribution >= 0.6 is 0 Å². The van der Waals surface area contributed by atoms with Crippen molar-refractivity contribution in [3.63, 3.8) is 0 Å². The van der Waals surface area contributed by atoms with E-state index in [-0.39, 0.29) is 12.0 Å². The first-order valence-electron chi connectivity index (χ1n) is 19.4. The van der Waals surface area contributed by atoms with E-state index in [0.29, 0.717) is 5.84 Å². The van der Waals surface area contributed by atoms with E-state index < -0.39 is 6.17 Å². The average molecular weight is 735 g/mol. The topological polar surface area (TPSA) is 64.1 Å². The highest BCUT2D eigenvalue weighted by molar-refractivity contribution is 6.14. The molecule has 9 aromatic rings. The number of allylic oxidation sites excluding steroid dienone is 2. The molecule has 4 heterocycles. The standard InChI is InChI=1S/C51H34N4O2/c1-3-15-31(16-4-1)49-52-50(32-17-5-2-6-18-32)54-51(53-49)41-27-13-25-38-37-23-11-21-35(45(37)56-47(38)41)36-22-12-24-39-40-26-14-30-44(48(40)57-46(36)39)55-42-28-9-7-19-33(42)34-20-8-10-29-43(34)55/h1-30,40,48,51H,(H,52,53,54). The summed E-state index contributed by atoms with van der Waals surface area (Å²) in [5.41, 5.74) is 11.2. The zero-order valence-corrected chi connectivity index (χ0v) is 30.7. The number of benzene rings is 7. The number of hydrogen-bond acceptors (Lipinski definition) is 5. The second-order valence-corrected chi connectivity index (χ2v) is 14.8. The Labute approximate surface area is 328 Å². The molecule has 6 heteroatoms. The molecule has 1 N–H and O–H groups in total. The van der Waals surface area contributed by atoms with Gasteiger partial charge in [0.1, 0.15) is 28.9 Å². The Morgan fingerprint density at radius 2 is 1.16 bits per heavy atom. The number of aliphatic imine (C=N–C) groups is 2. The summed E-state index contributed by atoms with van der Waals surface area (Å²) in [4.78, 5) is 10.2. The normalized spacial score (nSPS) is 18.5. The largest absolute Gasteiger partial charge is 0.482 e. The monoisotopic (exact) mass is 734 g/mol. The lowest BCUT2D eigenvalue weighted by atomic mass is 9.88. The van der Waals surface area contributed by atoms with Gasteiger partial charge in [-0.2, -0.15) is 0 Å². The molecule has 0 saturated heterocycles. The fourth-order valence-electron chi connectivity index (χ4n) is 9.08. The molecule has 7 aromatic carbocycles. The molecular weight excluding hydrogens is 701 g/mol. The van der Waals surface area contributed by atoms with Gasteiger partial charge in [-0.3, -0.25) is 0 Å². The zero-order valence-electron chi connectivity index (χ0n) is 30.7. The molecule has 3 atom stereocenters. The molecule has 3 aliphatic rings. The maximum atomic E-state index is 7.16. The quantitative estimate of drug-likeness (QED) is 0.191. The minimum absolute atomic E-state index is 0.0656. The van der Waals surface area contributed by atoms with E-state index in [9.17, 15) is 0 Å². The summed E-state index contributed by atoms with van der Waals surface area (Å²) < 4.78 is 16.6. The van der Waals surface area contributed by atoms with Crippen molar-refractivity contribution in [3.05, 3.63) is 204 Å². The van der Waals surface area contributed by atoms with E-state index in [0.717, 1.165) is 67.0 Å². The Kier molecular flexibility index (Phi) is 7.01. The van der Waals surface area contributed by atoms with Crippen molar-refractivity contribution in [2.24, 2.45) is 9.98 Å². The van der Waals surface area contributed by atoms with Crippen LogP contribution in [0.1, 0.15) is 34.3 Å². The van der Waals surface area contributed by atoms with Crippen LogP contribution in [-0.4, -0.2) is 22.3 Å². The molecule has 2 aromatic heterocycles. The van der Waals surface area contributed by atoms with Crippen molar-refractivity contribution in [3.8, 4) is 16.9 Å². The van der Waals surface area contributed by atoms with E-state index in [4.69, 9.17) is 19.1 Å². The van der Waals surface area contributed by atoms with Gasteiger partial charge in [0, 0.05) is 60.8 Å². The van der Waals surface area contributed by atoms with Gasteiger partial charge in [0.05, 0.1) is 16.7 Å². The molecule has 3 unspecified atom stereocenters. The summed E-state index contributed by atoms with van der Waals surface area (Å²) in [5, 5.41) is 8.19. The van der Waals surface area contributed by atoms with Crippen LogP contribution in [0.5, 0.6) is 5.75 Å². The molecule has 0 radical (unpaired) electrons. The Morgan fingerprint density at radius 1 is 0.544 bits per heavy atom. The molecule has 57 heavy (non-hydrogen) atoms. The van der Waals surface area contributed by atoms with Gasteiger partial charge in [0.15, 0.2) is 12.0 Å². The molecule has 0 amide bonds. The minimum Gasteiger partial charge on any atom is -0.482 e. The van der Waals surface area contributed by atoms with Gasteiger partial charge in [-0.05, 0) is 18.2 Å². The van der Waals surface area contributed by atoms with Crippen molar-refractivity contribution in [2.75, 3.05) is 0 Å². The van der Waals surface area contributed by atoms with E-state index in [2.05, 4.69) is 156 Å². The van der Waals surface area contributed by atoms with Gasteiger partial charge >= 0.3 is 0 Å². The SMILES string of the molecule is C1=CC2c3cccc(-c4cccc5c4oc4c(C6N=C(c7ccccc7)N=C(c7ccccc7)N6)cccc45)c3OC2C(n2c3ccccc3c3ccccc32)=C1. The predicted molar refractivity (Wildman–Crippen MR) is 231 cm³/mol. The second-order valence-electron chi connectivity index (χ2n) is 14.8. The molecule has 0 saturated carbocycles. The van der Waals surface area contributed by atoms with Crippen LogP contribution < -0.4 is 10.1 Å². The fraction of sp³-hybridized carbons (Fsp3) is 0.0588. The Bertz CT molecular complexity index is 3150. The molecule has 2 aliphatic heterocycles. The number of hydrogen-bond donors (Lipinski definition) is 1. The van der Waals surface area contributed by atoms with Crippen molar-refractivity contribution in [1.82, 2.24) is 9.88 Å². The summed E-state index contributed by atoms with van der Waals surface area (Å²) >= 11 is 0. The maximum Gasteiger partial charge on any atom is 0.159 e. The highest BCUT2D eigenvalue weighted by Gasteiger charge is 2.40. The highest BCUT2D eigenvalue weighted by Crippen LogP contribution is 2.51. The van der Waals surface area contributed by atoms with Crippen LogP contribution in [0.25, 0.3) is 60.6 Å². The molecule has 0 bridgehead atoms. The number of amidine groups is 2. The van der Waals surface area contributed by atoms with Crippen molar-refractivity contribution in [2.45, 2.75) is 18.2 Å². The summed E-state index contributed by atoms with van der Waals surface area (Å²) in [5.74, 6) is 2.41. The predicted octanol–water partition coefficient (Wildman–Crippen LogP) is 11.8. The molecule has 12 rings (SSSR count). The molecule has 0 spiro atoms. The number of fused-ring (bicyclic) bond motifs is 9. The minimum atomic E-state index is -0.425. The van der Waals surface area contributed by atoms with Gasteiger partial charge in [0.2, 0.25) is 0 Å². The number of nitrogens with zero attached hydrogens (tertiary/aromatic N) is 3. The van der Waals surface area contributed by atoms with Crippen LogP contribution in [0.3, 0.4) is 0 Å². The lowest BCUT2D eigenvalue weighted by molar-refractivity contribution is 0.273. The van der Waals surface area contributed by atoms with Gasteiger partial charge in [-0.15, -0.1) is 0 Å². The second kappa shape index (κ2) is 12.5. The van der Waals surface area contributed by atoms with Crippen LogP contribution in [0, 0.1) is 0 Å². The first-order valence-corrected chi connectivity index (χ1v) is 19.4. The van der Waals surface area contributed by atoms with Gasteiger partial charge in [-0.25, -0.2) is 9.98 Å². The van der Waals surface area contributed by atoms with Crippen molar-refractivity contribution >= 4 is 61.1 Å². The lowest BCUT2D eigenvalue weighted by Gasteiger charge is -2.25. The van der Waals surface area contributed by atoms with Gasteiger partial charge in [0.25, 0.3) is 0 Å². The average Bonchev–Trinajstić information content (AvgIpc) is 3.97. The van der Waals surface area contributed by atoms with Crippen molar-refractivity contribution < 1.29 is 9.15 Å². The number of aromatic nitrogens is 1. The van der Waals surface area contributed by atoms with Crippen LogP contribution in [0.4, 0.5) is 0 Å². The first kappa shape index (κ1) is 31.9. The number of ether oxygens (including phenoxy) is 1. The molecule has 0 fully saturated rings. The Hall–Kier alpha value is -7.44. The number of para-hydroxylation sites is 5. The van der Waals surface area contributed by atoms with E-state index in [1.54, 1.807) is 0 Å². The summed E-state index contributed by atoms with van der Waals surface area (Å²) in [6, 6.07) is 56.9. The van der Waals surface area contributed by atoms with Crippen LogP contribution in [-0.2, 0) is 0 Å². The van der Waals surface area contributed by atoms with E-state index in [1.165, 1.54) is 27.4 Å². The maximum absolute atomic E-state index is 7.16. The molecule has 6 nitrogen and oxygen atoms in total. The Morgan fingerprint density at radius 3 is 1.93 bits per heavy atom. The molecular formula is C51H34N4O2. The highest BCUT2D eigenvalue weighted by atomic mass is 16.5. The van der Waals surface area contributed by atoms with Crippen molar-refractivity contribution in [1.29, 1.82) is 0 Å². The van der Waals surface area contributed by atoms with E-state index >= 15 is 0 Å². The third kappa shape index (κ3) is 4.90. The van der Waals surface area contributed by atoms with Crippen LogP contribution in [0.2, 0.25) is 0 Å². The number of furan rings is 1. The summed E-state index contributed by atoms with van der Waals surface area (Å²) in [6.07, 6.45) is 6.06. The third-order valence-corrected chi connectivity index (χ3v) is 11.7. The number of nitrogens with one attached hydrogen (secondary N) is 1.